The molecule has 3 aromatic carbocycles. The van der Waals surface area contributed by atoms with E-state index in [9.17, 15) is 14.4 Å². The van der Waals surface area contributed by atoms with Crippen LogP contribution in [-0.4, -0.2) is 79.4 Å². The van der Waals surface area contributed by atoms with E-state index in [2.05, 4.69) is 33.0 Å². The molecule has 3 amide bonds. The van der Waals surface area contributed by atoms with Gasteiger partial charge in [-0.15, -0.1) is 0 Å². The molecular formula is C33H38ClN5O3S. The molecule has 1 saturated heterocycles. The third-order valence-electron chi connectivity index (χ3n) is 8.04. The first kappa shape index (κ1) is 30.9. The number of nitrogens with one attached hydrogen (secondary N) is 3. The van der Waals surface area contributed by atoms with Gasteiger partial charge in [-0.3, -0.25) is 14.4 Å². The van der Waals surface area contributed by atoms with Crippen molar-refractivity contribution in [2.75, 3.05) is 49.6 Å². The molecule has 0 radical (unpaired) electrons. The van der Waals surface area contributed by atoms with Gasteiger partial charge in [0, 0.05) is 62.2 Å². The van der Waals surface area contributed by atoms with Crippen LogP contribution >= 0.6 is 23.4 Å². The summed E-state index contributed by atoms with van der Waals surface area (Å²) in [7, 11) is 0. The number of halogens is 1. The maximum Gasteiger partial charge on any atom is 0.253 e. The van der Waals surface area contributed by atoms with Gasteiger partial charge < -0.3 is 25.8 Å². The number of anilines is 1. The molecule has 10 heteroatoms. The number of amides is 3. The second-order valence-electron chi connectivity index (χ2n) is 10.9. The number of carbonyl (C=O) groups is 3. The van der Waals surface area contributed by atoms with Crippen molar-refractivity contribution in [3.05, 3.63) is 100 Å². The van der Waals surface area contributed by atoms with Crippen LogP contribution in [0.2, 0.25) is 5.02 Å². The Labute approximate surface area is 262 Å². The van der Waals surface area contributed by atoms with Crippen LogP contribution in [0.4, 0.5) is 5.69 Å². The lowest BCUT2D eigenvalue weighted by Crippen LogP contribution is -2.58. The smallest absolute Gasteiger partial charge is 0.253 e. The number of para-hydroxylation sites is 1. The highest BCUT2D eigenvalue weighted by atomic mass is 35.5. The van der Waals surface area contributed by atoms with E-state index in [1.807, 2.05) is 59.7 Å². The fourth-order valence-corrected chi connectivity index (χ4v) is 6.09. The summed E-state index contributed by atoms with van der Waals surface area (Å²) in [6, 6.07) is 22.0. The average molecular weight is 620 g/mol. The standard InChI is InChI=1S/C33H38ClN5O3S/c1-43-19-14-35-31(40)27-8-4-5-9-30(27)38-15-17-39(18-16-38)33(42)29(20-23-10-12-26(34)13-11-23)37-32(41)28-21-24-6-2-3-7-25(24)22-36-28/h2-13,28-29,36H,14-22H2,1H3,(H,35,40)(H,37,41). The number of nitrogens with zero attached hydrogens (tertiary/aromatic N) is 2. The number of benzene rings is 3. The SMILES string of the molecule is CSCCNC(=O)c1ccccc1N1CCN(C(=O)C(Cc2ccc(Cl)cc2)NC(=O)C2Cc3ccccc3CN2)CC1. The molecule has 8 nitrogen and oxygen atoms in total. The van der Waals surface area contributed by atoms with E-state index < -0.39 is 12.1 Å². The zero-order valence-electron chi connectivity index (χ0n) is 24.4. The van der Waals surface area contributed by atoms with Crippen molar-refractivity contribution in [1.82, 2.24) is 20.9 Å². The average Bonchev–Trinajstić information content (AvgIpc) is 3.05. The highest BCUT2D eigenvalue weighted by molar-refractivity contribution is 7.98. The van der Waals surface area contributed by atoms with E-state index in [0.29, 0.717) is 62.7 Å². The highest BCUT2D eigenvalue weighted by Gasteiger charge is 2.32. The molecule has 0 bridgehead atoms. The van der Waals surface area contributed by atoms with E-state index in [-0.39, 0.29) is 17.7 Å². The molecule has 0 spiro atoms. The van der Waals surface area contributed by atoms with Crippen LogP contribution in [0.5, 0.6) is 0 Å². The maximum atomic E-state index is 13.9. The number of fused-ring (bicyclic) bond motifs is 1. The van der Waals surface area contributed by atoms with Gasteiger partial charge in [0.15, 0.2) is 0 Å². The topological polar surface area (TPSA) is 93.8 Å². The minimum Gasteiger partial charge on any atom is -0.367 e. The van der Waals surface area contributed by atoms with Gasteiger partial charge in [-0.05, 0) is 53.6 Å². The molecule has 1 fully saturated rings. The number of thioether (sulfide) groups is 1. The monoisotopic (exact) mass is 619 g/mol. The van der Waals surface area contributed by atoms with Crippen LogP contribution in [0.15, 0.2) is 72.8 Å². The maximum absolute atomic E-state index is 13.9. The summed E-state index contributed by atoms with van der Waals surface area (Å²) in [6.07, 6.45) is 2.95. The number of piperazine rings is 1. The van der Waals surface area contributed by atoms with Crippen LogP contribution in [0.3, 0.4) is 0 Å². The molecule has 2 atom stereocenters. The Morgan fingerprint density at radius 2 is 1.65 bits per heavy atom. The van der Waals surface area contributed by atoms with Crippen molar-refractivity contribution in [2.24, 2.45) is 0 Å². The zero-order chi connectivity index (χ0) is 30.2. The second kappa shape index (κ2) is 14.8. The molecule has 2 heterocycles. The van der Waals surface area contributed by atoms with Crippen LogP contribution < -0.4 is 20.9 Å². The van der Waals surface area contributed by atoms with Crippen molar-refractivity contribution < 1.29 is 14.4 Å². The highest BCUT2D eigenvalue weighted by Crippen LogP contribution is 2.23. The van der Waals surface area contributed by atoms with E-state index >= 15 is 0 Å². The fourth-order valence-electron chi connectivity index (χ4n) is 5.66. The summed E-state index contributed by atoms with van der Waals surface area (Å²) < 4.78 is 0. The lowest BCUT2D eigenvalue weighted by molar-refractivity contribution is -0.137. The van der Waals surface area contributed by atoms with E-state index in [4.69, 9.17) is 11.6 Å². The summed E-state index contributed by atoms with van der Waals surface area (Å²) in [5, 5.41) is 10.0. The lowest BCUT2D eigenvalue weighted by Gasteiger charge is -2.38. The molecule has 2 unspecified atom stereocenters. The van der Waals surface area contributed by atoms with Gasteiger partial charge in [0.05, 0.1) is 11.6 Å². The first-order valence-corrected chi connectivity index (χ1v) is 16.4. The van der Waals surface area contributed by atoms with Crippen molar-refractivity contribution in [1.29, 1.82) is 0 Å². The molecule has 3 N–H and O–H groups in total. The van der Waals surface area contributed by atoms with Gasteiger partial charge >= 0.3 is 0 Å². The third kappa shape index (κ3) is 7.90. The van der Waals surface area contributed by atoms with Crippen LogP contribution in [0, 0.1) is 0 Å². The van der Waals surface area contributed by atoms with Gasteiger partial charge in [0.25, 0.3) is 5.91 Å². The van der Waals surface area contributed by atoms with Gasteiger partial charge in [0.2, 0.25) is 11.8 Å². The van der Waals surface area contributed by atoms with Gasteiger partial charge in [0.1, 0.15) is 6.04 Å². The Bertz CT molecular complexity index is 1430. The summed E-state index contributed by atoms with van der Waals surface area (Å²) >= 11 is 7.79. The summed E-state index contributed by atoms with van der Waals surface area (Å²) in [5.41, 5.74) is 4.77. The first-order chi connectivity index (χ1) is 20.9. The van der Waals surface area contributed by atoms with Crippen LogP contribution in [0.25, 0.3) is 0 Å². The van der Waals surface area contributed by atoms with Crippen LogP contribution in [0.1, 0.15) is 27.0 Å². The molecular weight excluding hydrogens is 582 g/mol. The molecule has 2 aliphatic heterocycles. The third-order valence-corrected chi connectivity index (χ3v) is 8.90. The largest absolute Gasteiger partial charge is 0.367 e. The van der Waals surface area contributed by atoms with Crippen molar-refractivity contribution in [3.63, 3.8) is 0 Å². The molecule has 226 valence electrons. The predicted octanol–water partition coefficient (Wildman–Crippen LogP) is 3.52. The molecule has 0 aromatic heterocycles. The minimum absolute atomic E-state index is 0.0900. The fraction of sp³-hybridized carbons (Fsp3) is 0.364. The molecule has 5 rings (SSSR count). The van der Waals surface area contributed by atoms with Gasteiger partial charge in [-0.1, -0.05) is 60.1 Å². The zero-order valence-corrected chi connectivity index (χ0v) is 25.9. The first-order valence-electron chi connectivity index (χ1n) is 14.7. The summed E-state index contributed by atoms with van der Waals surface area (Å²) in [4.78, 5) is 44.3. The Balaban J connectivity index is 1.26. The Hall–Kier alpha value is -3.53. The second-order valence-corrected chi connectivity index (χ2v) is 12.3. The van der Waals surface area contributed by atoms with E-state index in [1.165, 1.54) is 5.56 Å². The lowest BCUT2D eigenvalue weighted by atomic mass is 9.95. The quantitative estimate of drug-likeness (QED) is 0.301. The minimum atomic E-state index is -0.714. The number of hydrogen-bond donors (Lipinski definition) is 3. The van der Waals surface area contributed by atoms with Crippen LogP contribution in [-0.2, 0) is 29.0 Å². The van der Waals surface area contributed by atoms with Gasteiger partial charge in [-0.25, -0.2) is 0 Å². The number of rotatable bonds is 10. The summed E-state index contributed by atoms with van der Waals surface area (Å²) in [6.45, 7) is 3.38. The Kier molecular flexibility index (Phi) is 10.6. The van der Waals surface area contributed by atoms with E-state index in [0.717, 1.165) is 22.6 Å². The number of carbonyl (C=O) groups excluding carboxylic acids is 3. The molecule has 2 aliphatic rings. The van der Waals surface area contributed by atoms with Gasteiger partial charge in [-0.2, -0.15) is 11.8 Å². The Morgan fingerprint density at radius 3 is 2.40 bits per heavy atom. The molecule has 0 saturated carbocycles. The summed E-state index contributed by atoms with van der Waals surface area (Å²) in [5.74, 6) is 0.476. The normalized spacial score (nSPS) is 17.1. The number of hydrogen-bond acceptors (Lipinski definition) is 6. The Morgan fingerprint density at radius 1 is 0.953 bits per heavy atom. The van der Waals surface area contributed by atoms with Crippen molar-refractivity contribution in [2.45, 2.75) is 31.5 Å². The molecule has 43 heavy (non-hydrogen) atoms. The molecule has 3 aromatic rings. The van der Waals surface area contributed by atoms with E-state index in [1.54, 1.807) is 23.9 Å². The molecule has 0 aliphatic carbocycles. The van der Waals surface area contributed by atoms with Crippen molar-refractivity contribution >= 4 is 46.8 Å². The predicted molar refractivity (Wildman–Crippen MR) is 174 cm³/mol. The van der Waals surface area contributed by atoms with Crippen molar-refractivity contribution in [3.8, 4) is 0 Å².